The Morgan fingerprint density at radius 3 is 2.26 bits per heavy atom. The second kappa shape index (κ2) is 15.2. The molecule has 158 valence electrons. The lowest BCUT2D eigenvalue weighted by molar-refractivity contribution is -0.119. The minimum Gasteiger partial charge on any atom is -0.492 e. The van der Waals surface area contributed by atoms with E-state index >= 15 is 0 Å². The van der Waals surface area contributed by atoms with Gasteiger partial charge in [-0.2, -0.15) is 0 Å². The number of benzene rings is 1. The molecule has 1 fully saturated rings. The number of anilines is 1. The van der Waals surface area contributed by atoms with Crippen molar-refractivity contribution < 1.29 is 9.53 Å². The molecule has 0 aromatic heterocycles. The van der Waals surface area contributed by atoms with Crippen LogP contribution >= 0.6 is 37.2 Å². The fourth-order valence-electron chi connectivity index (χ4n) is 2.66. The first-order valence-corrected chi connectivity index (χ1v) is 8.67. The number of nitrogens with zero attached hydrogens (tertiary/aromatic N) is 2. The molecule has 0 spiro atoms. The summed E-state index contributed by atoms with van der Waals surface area (Å²) in [4.78, 5) is 16.7. The number of carbonyl (C=O) groups excluding carboxylic acids is 1. The second-order valence-corrected chi connectivity index (χ2v) is 6.47. The van der Waals surface area contributed by atoms with Crippen LogP contribution in [0.4, 0.5) is 5.69 Å². The number of ether oxygens (including phenoxy) is 1. The number of carbonyl (C=O) groups is 1. The van der Waals surface area contributed by atoms with Crippen molar-refractivity contribution in [1.82, 2.24) is 15.1 Å². The standard InChI is InChI=1S/C18H30N4O2.3ClH/c1-15(14-19-2)18(23)20-16-4-6-17(7-5-16)24-13-12-22-10-8-21(3)9-11-22;;;/h4-7,15,19H,8-14H2,1-3H3,(H,20,23);3*1H. The van der Waals surface area contributed by atoms with E-state index in [2.05, 4.69) is 27.5 Å². The lowest BCUT2D eigenvalue weighted by Crippen LogP contribution is -2.45. The fourth-order valence-corrected chi connectivity index (χ4v) is 2.66. The molecule has 0 radical (unpaired) electrons. The van der Waals surface area contributed by atoms with E-state index < -0.39 is 0 Å². The van der Waals surface area contributed by atoms with Crippen molar-refractivity contribution in [3.05, 3.63) is 24.3 Å². The zero-order chi connectivity index (χ0) is 17.4. The number of likely N-dealkylation sites (N-methyl/N-ethyl adjacent to an activating group) is 1. The number of halogens is 3. The summed E-state index contributed by atoms with van der Waals surface area (Å²) >= 11 is 0. The van der Waals surface area contributed by atoms with Crippen molar-refractivity contribution in [1.29, 1.82) is 0 Å². The Morgan fingerprint density at radius 1 is 1.11 bits per heavy atom. The van der Waals surface area contributed by atoms with Crippen LogP contribution in [0.3, 0.4) is 0 Å². The maximum absolute atomic E-state index is 12.0. The zero-order valence-electron chi connectivity index (χ0n) is 16.3. The number of hydrogen-bond acceptors (Lipinski definition) is 5. The molecule has 27 heavy (non-hydrogen) atoms. The molecule has 0 aliphatic carbocycles. The van der Waals surface area contributed by atoms with Crippen molar-refractivity contribution >= 4 is 48.8 Å². The summed E-state index contributed by atoms with van der Waals surface area (Å²) in [6.45, 7) is 8.68. The van der Waals surface area contributed by atoms with Gasteiger partial charge in [-0.3, -0.25) is 9.69 Å². The van der Waals surface area contributed by atoms with Gasteiger partial charge in [-0.1, -0.05) is 6.92 Å². The van der Waals surface area contributed by atoms with Crippen molar-refractivity contribution in [2.45, 2.75) is 6.92 Å². The summed E-state index contributed by atoms with van der Waals surface area (Å²) in [5.41, 5.74) is 0.800. The van der Waals surface area contributed by atoms with E-state index in [-0.39, 0.29) is 49.0 Å². The molecule has 2 rings (SSSR count). The third-order valence-electron chi connectivity index (χ3n) is 4.35. The molecule has 1 saturated heterocycles. The number of nitrogens with one attached hydrogen (secondary N) is 2. The molecule has 1 amide bonds. The number of piperazine rings is 1. The number of amides is 1. The SMILES string of the molecule is CNCC(C)C(=O)Nc1ccc(OCCN2CCN(C)CC2)cc1.Cl.Cl.Cl. The van der Waals surface area contributed by atoms with Gasteiger partial charge in [0.05, 0.1) is 0 Å². The topological polar surface area (TPSA) is 56.8 Å². The van der Waals surface area contributed by atoms with Crippen molar-refractivity contribution in [3.8, 4) is 5.75 Å². The van der Waals surface area contributed by atoms with E-state index in [4.69, 9.17) is 4.74 Å². The Kier molecular flexibility index (Phi) is 16.0. The minimum atomic E-state index is -0.0606. The predicted octanol–water partition coefficient (Wildman–Crippen LogP) is 2.37. The molecule has 0 bridgehead atoms. The van der Waals surface area contributed by atoms with Gasteiger partial charge in [0.25, 0.3) is 0 Å². The van der Waals surface area contributed by atoms with Gasteiger partial charge < -0.3 is 20.3 Å². The fraction of sp³-hybridized carbons (Fsp3) is 0.611. The molecule has 6 nitrogen and oxygen atoms in total. The molecule has 1 aromatic rings. The normalized spacial score (nSPS) is 15.5. The first kappa shape index (κ1) is 28.4. The summed E-state index contributed by atoms with van der Waals surface area (Å²) in [7, 11) is 4.01. The van der Waals surface area contributed by atoms with Crippen molar-refractivity contribution in [2.75, 3.05) is 65.3 Å². The van der Waals surface area contributed by atoms with E-state index in [1.807, 2.05) is 38.2 Å². The number of hydrogen-bond donors (Lipinski definition) is 2. The molecule has 1 aliphatic rings. The van der Waals surface area contributed by atoms with Crippen LogP contribution in [0.2, 0.25) is 0 Å². The Morgan fingerprint density at radius 2 is 1.70 bits per heavy atom. The monoisotopic (exact) mass is 442 g/mol. The van der Waals surface area contributed by atoms with Crippen molar-refractivity contribution in [2.24, 2.45) is 5.92 Å². The largest absolute Gasteiger partial charge is 0.492 e. The molecule has 0 saturated carbocycles. The summed E-state index contributed by atoms with van der Waals surface area (Å²) in [5.74, 6) is 0.799. The predicted molar refractivity (Wildman–Crippen MR) is 119 cm³/mol. The maximum Gasteiger partial charge on any atom is 0.228 e. The summed E-state index contributed by atoms with van der Waals surface area (Å²) in [6.07, 6.45) is 0. The quantitative estimate of drug-likeness (QED) is 0.646. The van der Waals surface area contributed by atoms with E-state index in [0.717, 1.165) is 44.2 Å². The zero-order valence-corrected chi connectivity index (χ0v) is 18.7. The molecule has 1 aromatic carbocycles. The second-order valence-electron chi connectivity index (χ2n) is 6.47. The van der Waals surface area contributed by atoms with Crippen LogP contribution in [0, 0.1) is 5.92 Å². The van der Waals surface area contributed by atoms with Gasteiger partial charge in [-0.25, -0.2) is 0 Å². The molecule has 1 heterocycles. The molecule has 9 heteroatoms. The molecular formula is C18H33Cl3N4O2. The van der Waals surface area contributed by atoms with Gasteiger partial charge >= 0.3 is 0 Å². The molecule has 1 atom stereocenters. The summed E-state index contributed by atoms with van der Waals surface area (Å²) < 4.78 is 5.80. The van der Waals surface area contributed by atoms with Gasteiger partial charge in [-0.15, -0.1) is 37.2 Å². The lowest BCUT2D eigenvalue weighted by atomic mass is 10.1. The highest BCUT2D eigenvalue weighted by atomic mass is 35.5. The Hall–Kier alpha value is -0.760. The van der Waals surface area contributed by atoms with Gasteiger partial charge in [0.15, 0.2) is 0 Å². The summed E-state index contributed by atoms with van der Waals surface area (Å²) in [5, 5.41) is 5.93. The molecular weight excluding hydrogens is 411 g/mol. The smallest absolute Gasteiger partial charge is 0.228 e. The summed E-state index contributed by atoms with van der Waals surface area (Å²) in [6, 6.07) is 7.58. The van der Waals surface area contributed by atoms with Gasteiger partial charge in [0.2, 0.25) is 5.91 Å². The van der Waals surface area contributed by atoms with Crippen LogP contribution in [-0.4, -0.2) is 75.7 Å². The molecule has 1 aliphatic heterocycles. The molecule has 2 N–H and O–H groups in total. The Bertz CT molecular complexity index is 512. The van der Waals surface area contributed by atoms with E-state index in [0.29, 0.717) is 13.2 Å². The van der Waals surface area contributed by atoms with Crippen LogP contribution < -0.4 is 15.4 Å². The first-order valence-electron chi connectivity index (χ1n) is 8.67. The lowest BCUT2D eigenvalue weighted by Gasteiger charge is -2.32. The van der Waals surface area contributed by atoms with E-state index in [9.17, 15) is 4.79 Å². The highest BCUT2D eigenvalue weighted by Gasteiger charge is 2.13. The highest BCUT2D eigenvalue weighted by molar-refractivity contribution is 5.92. The van der Waals surface area contributed by atoms with Gasteiger partial charge in [-0.05, 0) is 38.4 Å². The maximum atomic E-state index is 12.0. The molecule has 1 unspecified atom stereocenters. The van der Waals surface area contributed by atoms with Gasteiger partial charge in [0, 0.05) is 50.9 Å². The Labute approximate surface area is 181 Å². The van der Waals surface area contributed by atoms with Crippen LogP contribution in [0.25, 0.3) is 0 Å². The highest BCUT2D eigenvalue weighted by Crippen LogP contribution is 2.16. The average molecular weight is 444 g/mol. The van der Waals surface area contributed by atoms with Crippen LogP contribution in [0.15, 0.2) is 24.3 Å². The minimum absolute atomic E-state index is 0. The van der Waals surface area contributed by atoms with Crippen LogP contribution in [-0.2, 0) is 4.79 Å². The van der Waals surface area contributed by atoms with Crippen LogP contribution in [0.5, 0.6) is 5.75 Å². The first-order chi connectivity index (χ1) is 11.6. The Balaban J connectivity index is 0. The van der Waals surface area contributed by atoms with E-state index in [1.165, 1.54) is 0 Å². The van der Waals surface area contributed by atoms with Crippen LogP contribution in [0.1, 0.15) is 6.92 Å². The van der Waals surface area contributed by atoms with Crippen molar-refractivity contribution in [3.63, 3.8) is 0 Å². The van der Waals surface area contributed by atoms with E-state index in [1.54, 1.807) is 0 Å². The average Bonchev–Trinajstić information content (AvgIpc) is 2.58. The third-order valence-corrected chi connectivity index (χ3v) is 4.35. The number of rotatable bonds is 8. The van der Waals surface area contributed by atoms with Gasteiger partial charge in [0.1, 0.15) is 12.4 Å². The third kappa shape index (κ3) is 10.4.